The van der Waals surface area contributed by atoms with E-state index in [9.17, 15) is 9.59 Å². The predicted molar refractivity (Wildman–Crippen MR) is 139 cm³/mol. The zero-order valence-electron chi connectivity index (χ0n) is 20.6. The van der Waals surface area contributed by atoms with Gasteiger partial charge in [-0.15, -0.1) is 0 Å². The maximum atomic E-state index is 13.2. The van der Waals surface area contributed by atoms with Gasteiger partial charge in [0.15, 0.2) is 0 Å². The number of carbonyl (C=O) groups is 2. The van der Waals surface area contributed by atoms with Crippen LogP contribution in [-0.2, 0) is 9.53 Å². The van der Waals surface area contributed by atoms with E-state index in [0.29, 0.717) is 18.7 Å². The third kappa shape index (κ3) is 5.46. The highest BCUT2D eigenvalue weighted by atomic mass is 35.5. The molecule has 2 aromatic rings. The molecule has 0 spiro atoms. The lowest BCUT2D eigenvalue weighted by atomic mass is 9.94. The number of hydrogen-bond donors (Lipinski definition) is 1. The summed E-state index contributed by atoms with van der Waals surface area (Å²) in [5, 5.41) is 3.75. The number of urea groups is 1. The van der Waals surface area contributed by atoms with Crippen molar-refractivity contribution in [3.05, 3.63) is 76.0 Å². The summed E-state index contributed by atoms with van der Waals surface area (Å²) in [5.41, 5.74) is 4.43. The van der Waals surface area contributed by atoms with Gasteiger partial charge in [0.1, 0.15) is 0 Å². The zero-order valence-corrected chi connectivity index (χ0v) is 21.3. The average molecular weight is 497 g/mol. The number of hydrogen-bond acceptors (Lipinski definition) is 5. The Morgan fingerprint density at radius 2 is 1.80 bits per heavy atom. The van der Waals surface area contributed by atoms with Gasteiger partial charge in [-0.05, 0) is 44.0 Å². The topological polar surface area (TPSA) is 65.1 Å². The van der Waals surface area contributed by atoms with Gasteiger partial charge in [-0.3, -0.25) is 9.80 Å². The van der Waals surface area contributed by atoms with E-state index < -0.39 is 6.04 Å². The van der Waals surface area contributed by atoms with Gasteiger partial charge in [0.2, 0.25) is 0 Å². The number of nitrogens with zero attached hydrogens (tertiary/aromatic N) is 3. The van der Waals surface area contributed by atoms with Crippen molar-refractivity contribution in [2.75, 3.05) is 50.8 Å². The summed E-state index contributed by atoms with van der Waals surface area (Å²) in [6.07, 6.45) is 0. The molecule has 0 aliphatic carbocycles. The fourth-order valence-corrected chi connectivity index (χ4v) is 5.00. The fraction of sp³-hybridized carbons (Fsp3) is 0.407. The van der Waals surface area contributed by atoms with Crippen molar-refractivity contribution in [3.8, 4) is 0 Å². The van der Waals surface area contributed by atoms with Crippen LogP contribution in [0.5, 0.6) is 0 Å². The SMILES string of the molecule is CCOC(=O)C1=C(CN2CCN(c3cc(Cl)ccc3C)CC2)N(CC)C(=O)NC1c1ccccc1. The van der Waals surface area contributed by atoms with Crippen molar-refractivity contribution in [1.29, 1.82) is 0 Å². The van der Waals surface area contributed by atoms with Gasteiger partial charge in [0, 0.05) is 55.7 Å². The molecular weight excluding hydrogens is 464 g/mol. The minimum atomic E-state index is -0.545. The van der Waals surface area contributed by atoms with E-state index in [0.717, 1.165) is 48.1 Å². The van der Waals surface area contributed by atoms with Crippen molar-refractivity contribution in [1.82, 2.24) is 15.1 Å². The van der Waals surface area contributed by atoms with E-state index in [4.69, 9.17) is 16.3 Å². The number of benzene rings is 2. The molecule has 0 radical (unpaired) electrons. The lowest BCUT2D eigenvalue weighted by Gasteiger charge is -2.41. The van der Waals surface area contributed by atoms with Crippen molar-refractivity contribution < 1.29 is 14.3 Å². The standard InChI is InChI=1S/C27H33ClN4O3/c1-4-32-23(18-30-13-15-31(16-14-30)22-17-21(28)12-11-19(22)3)24(26(33)35-5-2)25(29-27(32)34)20-9-7-6-8-10-20/h6-12,17,25H,4-5,13-16,18H2,1-3H3,(H,29,34). The summed E-state index contributed by atoms with van der Waals surface area (Å²) >= 11 is 6.24. The number of ether oxygens (including phenoxy) is 1. The van der Waals surface area contributed by atoms with Crippen LogP contribution in [-0.4, -0.2) is 67.7 Å². The Bertz CT molecular complexity index is 1100. The maximum absolute atomic E-state index is 13.2. The van der Waals surface area contributed by atoms with Gasteiger partial charge in [-0.1, -0.05) is 48.0 Å². The number of anilines is 1. The van der Waals surface area contributed by atoms with Crippen LogP contribution in [0.2, 0.25) is 5.02 Å². The molecule has 7 nitrogen and oxygen atoms in total. The summed E-state index contributed by atoms with van der Waals surface area (Å²) in [4.78, 5) is 32.6. The van der Waals surface area contributed by atoms with E-state index in [-0.39, 0.29) is 18.6 Å². The van der Waals surface area contributed by atoms with Gasteiger partial charge in [0.05, 0.1) is 18.2 Å². The van der Waals surface area contributed by atoms with Crippen LogP contribution in [0, 0.1) is 6.92 Å². The fourth-order valence-electron chi connectivity index (χ4n) is 4.84. The number of halogens is 1. The highest BCUT2D eigenvalue weighted by Crippen LogP contribution is 2.32. The molecular formula is C27H33ClN4O3. The van der Waals surface area contributed by atoms with Gasteiger partial charge in [-0.2, -0.15) is 0 Å². The number of nitrogens with one attached hydrogen (secondary N) is 1. The second-order valence-electron chi connectivity index (χ2n) is 8.81. The number of piperazine rings is 1. The Hall–Kier alpha value is -3.03. The molecule has 4 rings (SSSR count). The molecule has 2 aliphatic heterocycles. The molecule has 1 unspecified atom stereocenters. The molecule has 1 N–H and O–H groups in total. The van der Waals surface area contributed by atoms with Crippen molar-refractivity contribution in [3.63, 3.8) is 0 Å². The third-order valence-corrected chi connectivity index (χ3v) is 6.88. The Morgan fingerprint density at radius 1 is 1.09 bits per heavy atom. The summed E-state index contributed by atoms with van der Waals surface area (Å²) in [6.45, 7) is 10.3. The largest absolute Gasteiger partial charge is 0.463 e. The Balaban J connectivity index is 1.62. The quantitative estimate of drug-likeness (QED) is 0.576. The van der Waals surface area contributed by atoms with Gasteiger partial charge in [-0.25, -0.2) is 9.59 Å². The molecule has 8 heteroatoms. The van der Waals surface area contributed by atoms with Gasteiger partial charge >= 0.3 is 12.0 Å². The van der Waals surface area contributed by atoms with E-state index in [2.05, 4.69) is 22.0 Å². The average Bonchev–Trinajstić information content (AvgIpc) is 2.86. The van der Waals surface area contributed by atoms with E-state index in [1.807, 2.05) is 55.5 Å². The first-order chi connectivity index (χ1) is 16.9. The molecule has 0 bridgehead atoms. The molecule has 2 heterocycles. The zero-order chi connectivity index (χ0) is 24.9. The van der Waals surface area contributed by atoms with Crippen molar-refractivity contribution >= 4 is 29.3 Å². The number of carbonyl (C=O) groups excluding carboxylic acids is 2. The monoisotopic (exact) mass is 496 g/mol. The maximum Gasteiger partial charge on any atom is 0.338 e. The third-order valence-electron chi connectivity index (χ3n) is 6.64. The highest BCUT2D eigenvalue weighted by molar-refractivity contribution is 6.30. The molecule has 0 aromatic heterocycles. The summed E-state index contributed by atoms with van der Waals surface area (Å²) in [5.74, 6) is -0.386. The van der Waals surface area contributed by atoms with Crippen LogP contribution in [0.15, 0.2) is 59.8 Å². The second-order valence-corrected chi connectivity index (χ2v) is 9.25. The molecule has 0 saturated carbocycles. The van der Waals surface area contributed by atoms with E-state index in [1.54, 1.807) is 11.8 Å². The molecule has 2 aliphatic rings. The van der Waals surface area contributed by atoms with Crippen LogP contribution in [0.25, 0.3) is 0 Å². The summed E-state index contributed by atoms with van der Waals surface area (Å²) < 4.78 is 5.47. The predicted octanol–water partition coefficient (Wildman–Crippen LogP) is 4.37. The number of aryl methyl sites for hydroxylation is 1. The molecule has 2 aromatic carbocycles. The first-order valence-electron chi connectivity index (χ1n) is 12.2. The molecule has 1 fully saturated rings. The molecule has 35 heavy (non-hydrogen) atoms. The van der Waals surface area contributed by atoms with Gasteiger partial charge < -0.3 is 15.0 Å². The Kier molecular flexibility index (Phi) is 7.98. The van der Waals surface area contributed by atoms with Crippen molar-refractivity contribution in [2.45, 2.75) is 26.8 Å². The summed E-state index contributed by atoms with van der Waals surface area (Å²) in [6, 6.07) is 14.8. The van der Waals surface area contributed by atoms with Crippen LogP contribution in [0.3, 0.4) is 0 Å². The number of likely N-dealkylation sites (N-methyl/N-ethyl adjacent to an activating group) is 1. The molecule has 186 valence electrons. The Labute approximate surface area is 212 Å². The van der Waals surface area contributed by atoms with Crippen LogP contribution in [0.1, 0.15) is 31.0 Å². The molecule has 2 amide bonds. The first-order valence-corrected chi connectivity index (χ1v) is 12.6. The van der Waals surface area contributed by atoms with E-state index >= 15 is 0 Å². The first kappa shape index (κ1) is 25.1. The van der Waals surface area contributed by atoms with Crippen LogP contribution in [0.4, 0.5) is 10.5 Å². The number of esters is 1. The van der Waals surface area contributed by atoms with Crippen molar-refractivity contribution in [2.24, 2.45) is 0 Å². The normalized spacial score (nSPS) is 19.1. The smallest absolute Gasteiger partial charge is 0.338 e. The molecule has 1 atom stereocenters. The minimum absolute atomic E-state index is 0.197. The highest BCUT2D eigenvalue weighted by Gasteiger charge is 2.38. The van der Waals surface area contributed by atoms with E-state index in [1.165, 1.54) is 5.56 Å². The Morgan fingerprint density at radius 3 is 2.46 bits per heavy atom. The number of amides is 2. The molecule has 1 saturated heterocycles. The van der Waals surface area contributed by atoms with Crippen LogP contribution >= 0.6 is 11.6 Å². The second kappa shape index (κ2) is 11.1. The lowest BCUT2D eigenvalue weighted by Crippen LogP contribution is -2.53. The summed E-state index contributed by atoms with van der Waals surface area (Å²) in [7, 11) is 0. The lowest BCUT2D eigenvalue weighted by molar-refractivity contribution is -0.139. The van der Waals surface area contributed by atoms with Gasteiger partial charge in [0.25, 0.3) is 0 Å². The minimum Gasteiger partial charge on any atom is -0.463 e. The van der Waals surface area contributed by atoms with Crippen LogP contribution < -0.4 is 10.2 Å². The number of rotatable bonds is 7.